The molecule has 2 aromatic rings. The van der Waals surface area contributed by atoms with Crippen LogP contribution in [0.25, 0.3) is 10.8 Å². The molecule has 4 atom stereocenters. The molecule has 0 N–H and O–H groups in total. The van der Waals surface area contributed by atoms with E-state index in [4.69, 9.17) is 37.9 Å². The van der Waals surface area contributed by atoms with Crippen molar-refractivity contribution in [3.63, 3.8) is 0 Å². The van der Waals surface area contributed by atoms with Crippen LogP contribution in [-0.4, -0.2) is 77.3 Å². The Morgan fingerprint density at radius 2 is 0.833 bits per heavy atom. The molecule has 0 radical (unpaired) electrons. The fourth-order valence-corrected chi connectivity index (χ4v) is 3.24. The van der Waals surface area contributed by atoms with E-state index in [-0.39, 0.29) is 24.4 Å². The number of fused-ring (bicyclic) bond motifs is 1. The van der Waals surface area contributed by atoms with E-state index in [1.165, 1.54) is 0 Å². The molecular formula is C22H24O8. The summed E-state index contributed by atoms with van der Waals surface area (Å²) >= 11 is 0. The molecule has 0 aromatic heterocycles. The molecule has 0 saturated carbocycles. The summed E-state index contributed by atoms with van der Waals surface area (Å²) in [4.78, 5) is 0. The van der Waals surface area contributed by atoms with Crippen LogP contribution in [0.15, 0.2) is 24.3 Å². The van der Waals surface area contributed by atoms with Gasteiger partial charge in [-0.2, -0.15) is 0 Å². The van der Waals surface area contributed by atoms with Crippen molar-refractivity contribution in [3.05, 3.63) is 24.3 Å². The van der Waals surface area contributed by atoms with Crippen LogP contribution < -0.4 is 18.9 Å². The highest BCUT2D eigenvalue weighted by atomic mass is 16.6. The van der Waals surface area contributed by atoms with Crippen LogP contribution in [0.1, 0.15) is 0 Å². The van der Waals surface area contributed by atoms with E-state index in [9.17, 15) is 0 Å². The topological polar surface area (TPSA) is 87.0 Å². The molecule has 6 rings (SSSR count). The summed E-state index contributed by atoms with van der Waals surface area (Å²) in [6, 6.07) is 7.96. The van der Waals surface area contributed by atoms with E-state index >= 15 is 0 Å². The Morgan fingerprint density at radius 3 is 1.13 bits per heavy atom. The standard InChI is InChI=1S/C22H24O8/c1-2-4-18-17(3-1)19(27-9-13-5-23-13)21(29-11-15-7-25-15)22(30-12-16-8-26-16)20(18)28-10-14-6-24-14/h1-4,13-16H,5-12H2. The van der Waals surface area contributed by atoms with Gasteiger partial charge in [0.1, 0.15) is 50.8 Å². The van der Waals surface area contributed by atoms with Crippen LogP contribution in [0, 0.1) is 0 Å². The maximum absolute atomic E-state index is 6.20. The summed E-state index contributed by atoms with van der Waals surface area (Å²) in [6.07, 6.45) is 0.436. The molecule has 4 unspecified atom stereocenters. The predicted octanol–water partition coefficient (Wildman–Crippen LogP) is 1.95. The average Bonchev–Trinajstić information content (AvgIpc) is 3.62. The van der Waals surface area contributed by atoms with Gasteiger partial charge in [0.25, 0.3) is 0 Å². The Labute approximate surface area is 173 Å². The molecule has 4 aliphatic heterocycles. The average molecular weight is 416 g/mol. The lowest BCUT2D eigenvalue weighted by Gasteiger charge is -2.22. The highest BCUT2D eigenvalue weighted by Crippen LogP contribution is 2.52. The summed E-state index contributed by atoms with van der Waals surface area (Å²) in [5, 5.41) is 1.82. The first kappa shape index (κ1) is 18.5. The summed E-state index contributed by atoms with van der Waals surface area (Å²) in [7, 11) is 0. The van der Waals surface area contributed by atoms with Gasteiger partial charge in [0.2, 0.25) is 11.5 Å². The van der Waals surface area contributed by atoms with Crippen molar-refractivity contribution in [2.24, 2.45) is 0 Å². The second-order valence-electron chi connectivity index (χ2n) is 7.93. The number of ether oxygens (including phenoxy) is 8. The van der Waals surface area contributed by atoms with Crippen LogP contribution >= 0.6 is 0 Å². The normalized spacial score (nSPS) is 28.1. The summed E-state index contributed by atoms with van der Waals surface area (Å²) in [5.41, 5.74) is 0. The highest BCUT2D eigenvalue weighted by molar-refractivity contribution is 5.98. The first-order chi connectivity index (χ1) is 14.8. The van der Waals surface area contributed by atoms with Gasteiger partial charge in [0.15, 0.2) is 11.5 Å². The molecule has 4 saturated heterocycles. The molecule has 160 valence electrons. The number of rotatable bonds is 12. The van der Waals surface area contributed by atoms with Crippen LogP contribution in [0.5, 0.6) is 23.0 Å². The highest BCUT2D eigenvalue weighted by Gasteiger charge is 2.33. The third-order valence-corrected chi connectivity index (χ3v) is 5.30. The molecule has 8 heteroatoms. The van der Waals surface area contributed by atoms with Gasteiger partial charge in [-0.15, -0.1) is 0 Å². The lowest BCUT2D eigenvalue weighted by Crippen LogP contribution is -2.14. The number of hydrogen-bond donors (Lipinski definition) is 0. The molecule has 0 aliphatic carbocycles. The van der Waals surface area contributed by atoms with Gasteiger partial charge in [0, 0.05) is 10.8 Å². The van der Waals surface area contributed by atoms with E-state index in [0.717, 1.165) is 24.0 Å². The smallest absolute Gasteiger partial charge is 0.208 e. The van der Waals surface area contributed by atoms with E-state index < -0.39 is 0 Å². The Kier molecular flexibility index (Phi) is 4.79. The molecule has 4 fully saturated rings. The minimum absolute atomic E-state index is 0.0972. The van der Waals surface area contributed by atoms with Crippen molar-refractivity contribution >= 4 is 10.8 Å². The van der Waals surface area contributed by atoms with Crippen molar-refractivity contribution in [1.82, 2.24) is 0 Å². The number of epoxide rings is 4. The monoisotopic (exact) mass is 416 g/mol. The summed E-state index contributed by atoms with van der Waals surface area (Å²) < 4.78 is 46.1. The van der Waals surface area contributed by atoms with E-state index in [1.54, 1.807) is 0 Å². The maximum Gasteiger partial charge on any atom is 0.208 e. The van der Waals surface area contributed by atoms with Crippen LogP contribution in [0.4, 0.5) is 0 Å². The quantitative estimate of drug-likeness (QED) is 0.485. The zero-order valence-corrected chi connectivity index (χ0v) is 16.5. The van der Waals surface area contributed by atoms with Gasteiger partial charge in [-0.1, -0.05) is 24.3 Å². The molecule has 0 spiro atoms. The first-order valence-corrected chi connectivity index (χ1v) is 10.4. The lowest BCUT2D eigenvalue weighted by molar-refractivity contribution is 0.198. The van der Waals surface area contributed by atoms with Gasteiger partial charge in [-0.25, -0.2) is 0 Å². The summed E-state index contributed by atoms with van der Waals surface area (Å²) in [5.74, 6) is 2.36. The molecule has 2 aromatic carbocycles. The van der Waals surface area contributed by atoms with Crippen molar-refractivity contribution < 1.29 is 37.9 Å². The van der Waals surface area contributed by atoms with Crippen molar-refractivity contribution in [1.29, 1.82) is 0 Å². The first-order valence-electron chi connectivity index (χ1n) is 10.4. The molecule has 8 nitrogen and oxygen atoms in total. The largest absolute Gasteiger partial charge is 0.486 e. The second kappa shape index (κ2) is 7.77. The van der Waals surface area contributed by atoms with Gasteiger partial charge >= 0.3 is 0 Å². The molecule has 4 aliphatic rings. The molecule has 0 amide bonds. The Balaban J connectivity index is 1.42. The van der Waals surface area contributed by atoms with Gasteiger partial charge < -0.3 is 37.9 Å². The fraction of sp³-hybridized carbons (Fsp3) is 0.545. The zero-order chi connectivity index (χ0) is 19.9. The molecule has 30 heavy (non-hydrogen) atoms. The minimum atomic E-state index is 0.0972. The van der Waals surface area contributed by atoms with Gasteiger partial charge in [-0.05, 0) is 0 Å². The SMILES string of the molecule is c1ccc2c(OCC3CO3)c(OCC3CO3)c(OCC3CO3)c(OCC3CO3)c2c1. The van der Waals surface area contributed by atoms with Crippen LogP contribution in [0.3, 0.4) is 0 Å². The third-order valence-electron chi connectivity index (χ3n) is 5.30. The number of benzene rings is 2. The third kappa shape index (κ3) is 4.27. The molecular weight excluding hydrogens is 392 g/mol. The number of hydrogen-bond acceptors (Lipinski definition) is 8. The van der Waals surface area contributed by atoms with E-state index in [2.05, 4.69) is 0 Å². The molecule has 0 bridgehead atoms. The fourth-order valence-electron chi connectivity index (χ4n) is 3.24. The molecule has 4 heterocycles. The van der Waals surface area contributed by atoms with Gasteiger partial charge in [0.05, 0.1) is 26.4 Å². The van der Waals surface area contributed by atoms with Crippen molar-refractivity contribution in [2.45, 2.75) is 24.4 Å². The zero-order valence-electron chi connectivity index (χ0n) is 16.5. The van der Waals surface area contributed by atoms with Crippen LogP contribution in [0.2, 0.25) is 0 Å². The van der Waals surface area contributed by atoms with Crippen molar-refractivity contribution in [3.8, 4) is 23.0 Å². The maximum atomic E-state index is 6.20. The second-order valence-corrected chi connectivity index (χ2v) is 7.93. The van der Waals surface area contributed by atoms with Crippen LogP contribution in [-0.2, 0) is 18.9 Å². The predicted molar refractivity (Wildman–Crippen MR) is 105 cm³/mol. The Hall–Kier alpha value is -2.26. The van der Waals surface area contributed by atoms with Gasteiger partial charge in [-0.3, -0.25) is 0 Å². The minimum Gasteiger partial charge on any atom is -0.486 e. The van der Waals surface area contributed by atoms with E-state index in [0.29, 0.717) is 62.6 Å². The van der Waals surface area contributed by atoms with E-state index in [1.807, 2.05) is 24.3 Å². The Bertz CT molecular complexity index is 840. The summed E-state index contributed by atoms with van der Waals surface area (Å²) in [6.45, 7) is 4.61. The lowest BCUT2D eigenvalue weighted by atomic mass is 10.1. The van der Waals surface area contributed by atoms with Crippen molar-refractivity contribution in [2.75, 3.05) is 52.9 Å². The Morgan fingerprint density at radius 1 is 0.533 bits per heavy atom.